The van der Waals surface area contributed by atoms with Gasteiger partial charge in [-0.25, -0.2) is 0 Å². The Balaban J connectivity index is 1.50. The van der Waals surface area contributed by atoms with Crippen molar-refractivity contribution in [1.29, 1.82) is 0 Å². The Kier molecular flexibility index (Phi) is 3.13. The van der Waals surface area contributed by atoms with Crippen molar-refractivity contribution in [3.05, 3.63) is 71.4 Å². The lowest BCUT2D eigenvalue weighted by molar-refractivity contribution is -0.116. The molecule has 1 aliphatic heterocycles. The number of benzene rings is 2. The number of hydrogen-bond donors (Lipinski definition) is 2. The van der Waals surface area contributed by atoms with E-state index in [-0.39, 0.29) is 5.91 Å². The molecule has 2 aliphatic rings. The van der Waals surface area contributed by atoms with Crippen molar-refractivity contribution >= 4 is 11.7 Å². The van der Waals surface area contributed by atoms with E-state index in [1.54, 1.807) is 0 Å². The molecule has 2 N–H and O–H groups in total. The molecule has 0 spiro atoms. The largest absolute Gasteiger partial charge is 0.457 e. The van der Waals surface area contributed by atoms with Gasteiger partial charge < -0.3 is 10.1 Å². The number of carbonyl (C=O) groups excluding carboxylic acids is 1. The molecule has 1 aromatic heterocycles. The molecule has 2 heterocycles. The first-order chi connectivity index (χ1) is 12.3. The van der Waals surface area contributed by atoms with Crippen molar-refractivity contribution in [1.82, 2.24) is 10.2 Å². The quantitative estimate of drug-likeness (QED) is 0.757. The van der Waals surface area contributed by atoms with Gasteiger partial charge in [0.05, 0.1) is 5.92 Å². The zero-order valence-corrected chi connectivity index (χ0v) is 13.5. The first kappa shape index (κ1) is 14.3. The average Bonchev–Trinajstić information content (AvgIpc) is 3.39. The first-order valence-corrected chi connectivity index (χ1v) is 8.51. The molecule has 0 radical (unpaired) electrons. The molecule has 1 aliphatic carbocycles. The Hall–Kier alpha value is -3.08. The minimum Gasteiger partial charge on any atom is -0.457 e. The number of fused-ring (bicyclic) bond motifs is 2. The summed E-state index contributed by atoms with van der Waals surface area (Å²) in [5, 5.41) is 10.2. The van der Waals surface area contributed by atoms with Gasteiger partial charge in [-0.1, -0.05) is 36.4 Å². The van der Waals surface area contributed by atoms with Crippen LogP contribution < -0.4 is 10.1 Å². The van der Waals surface area contributed by atoms with Crippen LogP contribution in [0.1, 0.15) is 41.5 Å². The monoisotopic (exact) mass is 331 g/mol. The second-order valence-electron chi connectivity index (χ2n) is 6.58. The Morgan fingerprint density at radius 1 is 1.04 bits per heavy atom. The Morgan fingerprint density at radius 3 is 2.32 bits per heavy atom. The second-order valence-corrected chi connectivity index (χ2v) is 6.58. The smallest absolute Gasteiger partial charge is 0.237 e. The lowest BCUT2D eigenvalue weighted by atomic mass is 9.87. The third-order valence-corrected chi connectivity index (χ3v) is 4.81. The summed E-state index contributed by atoms with van der Waals surface area (Å²) >= 11 is 0. The number of anilines is 1. The molecule has 25 heavy (non-hydrogen) atoms. The highest BCUT2D eigenvalue weighted by molar-refractivity contribution is 5.99. The van der Waals surface area contributed by atoms with Crippen LogP contribution in [0.2, 0.25) is 0 Å². The molecule has 0 bridgehead atoms. The van der Waals surface area contributed by atoms with E-state index in [0.29, 0.717) is 11.7 Å². The van der Waals surface area contributed by atoms with E-state index in [4.69, 9.17) is 4.74 Å². The lowest BCUT2D eigenvalue weighted by Gasteiger charge is -2.27. The molecular formula is C20H17N3O2. The number of para-hydroxylation sites is 2. The molecule has 5 heteroatoms. The van der Waals surface area contributed by atoms with Gasteiger partial charge in [0.1, 0.15) is 11.5 Å². The minimum absolute atomic E-state index is 0.1000. The van der Waals surface area contributed by atoms with Crippen LogP contribution in [-0.2, 0) is 4.79 Å². The van der Waals surface area contributed by atoms with Crippen LogP contribution in [0.4, 0.5) is 5.82 Å². The zero-order valence-electron chi connectivity index (χ0n) is 13.5. The fourth-order valence-corrected chi connectivity index (χ4v) is 3.39. The van der Waals surface area contributed by atoms with E-state index in [2.05, 4.69) is 15.5 Å². The lowest BCUT2D eigenvalue weighted by Crippen LogP contribution is -2.25. The maximum absolute atomic E-state index is 13.1. The van der Waals surface area contributed by atoms with Crippen LogP contribution in [0.15, 0.2) is 54.6 Å². The topological polar surface area (TPSA) is 67.0 Å². The number of nitrogens with zero attached hydrogens (tertiary/aromatic N) is 1. The Labute approximate surface area is 145 Å². The van der Waals surface area contributed by atoms with E-state index in [0.717, 1.165) is 28.3 Å². The van der Waals surface area contributed by atoms with E-state index in [1.807, 2.05) is 54.6 Å². The number of aromatic nitrogens is 2. The molecule has 0 saturated heterocycles. The second kappa shape index (κ2) is 5.48. The summed E-state index contributed by atoms with van der Waals surface area (Å²) in [5.74, 6) is 2.08. The Bertz CT molecular complexity index is 913. The summed E-state index contributed by atoms with van der Waals surface area (Å²) in [6.45, 7) is 0. The SMILES string of the molecule is O=C(Nc1cc(C2CC2)[nH]n1)C1c2ccccc2Oc2ccccc21. The highest BCUT2D eigenvalue weighted by Crippen LogP contribution is 2.44. The number of nitrogens with one attached hydrogen (secondary N) is 2. The summed E-state index contributed by atoms with van der Waals surface area (Å²) in [6, 6.07) is 17.3. The summed E-state index contributed by atoms with van der Waals surface area (Å²) in [7, 11) is 0. The van der Waals surface area contributed by atoms with Crippen molar-refractivity contribution in [2.75, 3.05) is 5.32 Å². The van der Waals surface area contributed by atoms with E-state index in [9.17, 15) is 4.79 Å². The van der Waals surface area contributed by atoms with Crippen LogP contribution in [0.3, 0.4) is 0 Å². The van der Waals surface area contributed by atoms with E-state index < -0.39 is 5.92 Å². The van der Waals surface area contributed by atoms with Crippen LogP contribution in [0.25, 0.3) is 0 Å². The van der Waals surface area contributed by atoms with Crippen molar-refractivity contribution in [2.45, 2.75) is 24.7 Å². The van der Waals surface area contributed by atoms with Gasteiger partial charge >= 0.3 is 0 Å². The van der Waals surface area contributed by atoms with Gasteiger partial charge in [-0.15, -0.1) is 0 Å². The minimum atomic E-state index is -0.415. The molecule has 5 rings (SSSR count). The number of rotatable bonds is 3. The molecule has 1 amide bonds. The van der Waals surface area contributed by atoms with Gasteiger partial charge in [-0.05, 0) is 25.0 Å². The number of amides is 1. The Morgan fingerprint density at radius 2 is 1.68 bits per heavy atom. The molecule has 0 unspecified atom stereocenters. The number of H-pyrrole nitrogens is 1. The molecule has 5 nitrogen and oxygen atoms in total. The van der Waals surface area contributed by atoms with Crippen molar-refractivity contribution in [2.24, 2.45) is 0 Å². The third kappa shape index (κ3) is 2.48. The van der Waals surface area contributed by atoms with Gasteiger partial charge in [0.15, 0.2) is 5.82 Å². The molecular weight excluding hydrogens is 314 g/mol. The summed E-state index contributed by atoms with van der Waals surface area (Å²) in [5.41, 5.74) is 2.84. The number of aromatic amines is 1. The zero-order chi connectivity index (χ0) is 16.8. The van der Waals surface area contributed by atoms with E-state index in [1.165, 1.54) is 12.8 Å². The third-order valence-electron chi connectivity index (χ3n) is 4.81. The van der Waals surface area contributed by atoms with Gasteiger partial charge in [0.2, 0.25) is 5.91 Å². The number of carbonyl (C=O) groups is 1. The van der Waals surface area contributed by atoms with Gasteiger partial charge in [0, 0.05) is 28.8 Å². The summed E-state index contributed by atoms with van der Waals surface area (Å²) in [4.78, 5) is 13.1. The normalized spacial score (nSPS) is 15.8. The highest BCUT2D eigenvalue weighted by Gasteiger charge is 2.33. The molecule has 1 fully saturated rings. The van der Waals surface area contributed by atoms with Gasteiger partial charge in [-0.3, -0.25) is 9.89 Å². The predicted octanol–water partition coefficient (Wildman–Crippen LogP) is 4.16. The highest BCUT2D eigenvalue weighted by atomic mass is 16.5. The average molecular weight is 331 g/mol. The fourth-order valence-electron chi connectivity index (χ4n) is 3.39. The maximum Gasteiger partial charge on any atom is 0.237 e. The van der Waals surface area contributed by atoms with Gasteiger partial charge in [-0.2, -0.15) is 5.10 Å². The number of hydrogen-bond acceptors (Lipinski definition) is 3. The van der Waals surface area contributed by atoms with Crippen LogP contribution in [-0.4, -0.2) is 16.1 Å². The first-order valence-electron chi connectivity index (χ1n) is 8.51. The molecule has 3 aromatic rings. The standard InChI is InChI=1S/C20H17N3O2/c24-20(21-18-11-15(22-23-18)12-9-10-12)19-13-5-1-3-7-16(13)25-17-8-4-2-6-14(17)19/h1-8,11-12,19H,9-10H2,(H2,21,22,23,24). The van der Waals surface area contributed by atoms with Crippen LogP contribution in [0.5, 0.6) is 11.5 Å². The van der Waals surface area contributed by atoms with E-state index >= 15 is 0 Å². The van der Waals surface area contributed by atoms with Crippen molar-refractivity contribution in [3.8, 4) is 11.5 Å². The van der Waals surface area contributed by atoms with Crippen LogP contribution >= 0.6 is 0 Å². The van der Waals surface area contributed by atoms with Crippen molar-refractivity contribution < 1.29 is 9.53 Å². The predicted molar refractivity (Wildman–Crippen MR) is 94.0 cm³/mol. The molecule has 0 atom stereocenters. The summed E-state index contributed by atoms with van der Waals surface area (Å²) in [6.07, 6.45) is 2.38. The fraction of sp³-hybridized carbons (Fsp3) is 0.200. The van der Waals surface area contributed by atoms with Crippen LogP contribution in [0, 0.1) is 0 Å². The molecule has 124 valence electrons. The molecule has 2 aromatic carbocycles. The number of ether oxygens (including phenoxy) is 1. The maximum atomic E-state index is 13.1. The summed E-state index contributed by atoms with van der Waals surface area (Å²) < 4.78 is 5.95. The van der Waals surface area contributed by atoms with Crippen molar-refractivity contribution in [3.63, 3.8) is 0 Å². The van der Waals surface area contributed by atoms with Gasteiger partial charge in [0.25, 0.3) is 0 Å². The molecule has 1 saturated carbocycles.